The molecule has 1 aromatic heterocycles. The molecule has 2 rings (SSSR count). The van der Waals surface area contributed by atoms with Gasteiger partial charge in [0.25, 0.3) is 0 Å². The van der Waals surface area contributed by atoms with Crippen molar-refractivity contribution in [1.29, 1.82) is 5.41 Å². The van der Waals surface area contributed by atoms with E-state index in [9.17, 15) is 5.11 Å². The smallest absolute Gasteiger partial charge is 0.140 e. The minimum absolute atomic E-state index is 0.0274. The number of thiol groups is 1. The number of rotatable bonds is 5. The van der Waals surface area contributed by atoms with Crippen LogP contribution in [0.15, 0.2) is 66.0 Å². The standard InChI is InChI=1S/C11H12ClN3O.C7H9NO.C3H8.C2H7N3.C2H6.C2H4.CH4S/c1-7(14)15-6-9(5-13)8-2-3-10(12)11(16)4-8;1-6-3-4-8-5-7(6)9-2;1-3-2;1-4-2-5-3;3*1-2/h2-6,13,16H,1H3,(H2,14,15);3-5H,1-2H3;3H2,1-2H3;2H,3H2,1H3,(H,4,5);1-2H3;1-2H2;2H,1H3/b9-6+,13-5?;;;;;;. The monoisotopic (exact) mass is 583 g/mol. The van der Waals surface area contributed by atoms with Gasteiger partial charge in [0.1, 0.15) is 11.5 Å². The molecule has 9 nitrogen and oxygen atoms in total. The summed E-state index contributed by atoms with van der Waals surface area (Å²) in [7, 11) is 3.28. The lowest BCUT2D eigenvalue weighted by atomic mass is 10.1. The van der Waals surface area contributed by atoms with Gasteiger partial charge in [0, 0.05) is 31.2 Å². The lowest BCUT2D eigenvalue weighted by Crippen LogP contribution is -2.18. The number of nitrogens with zero attached hydrogens (tertiary/aromatic N) is 3. The van der Waals surface area contributed by atoms with Crippen molar-refractivity contribution in [3.05, 3.63) is 72.2 Å². The molecule has 0 atom stereocenters. The molecule has 0 aliphatic carbocycles. The molecule has 1 heterocycles. The molecule has 11 heteroatoms. The number of nitrogens with one attached hydrogen (secondary N) is 2. The van der Waals surface area contributed by atoms with Crippen LogP contribution < -0.4 is 21.7 Å². The van der Waals surface area contributed by atoms with Crippen LogP contribution in [0, 0.1) is 12.3 Å². The molecule has 39 heavy (non-hydrogen) atoms. The summed E-state index contributed by atoms with van der Waals surface area (Å²) in [5, 5.41) is 16.9. The van der Waals surface area contributed by atoms with E-state index in [0.717, 1.165) is 17.5 Å². The van der Waals surface area contributed by atoms with E-state index < -0.39 is 0 Å². The fraction of sp³-hybridized carbons (Fsp3) is 0.357. The van der Waals surface area contributed by atoms with Gasteiger partial charge < -0.3 is 26.4 Å². The number of benzene rings is 1. The number of pyridine rings is 1. The van der Waals surface area contributed by atoms with Crippen LogP contribution in [0.5, 0.6) is 11.5 Å². The Morgan fingerprint density at radius 1 is 1.26 bits per heavy atom. The summed E-state index contributed by atoms with van der Waals surface area (Å²) in [6.07, 6.45) is 10.4. The van der Waals surface area contributed by atoms with Gasteiger partial charge in [0.05, 0.1) is 30.5 Å². The van der Waals surface area contributed by atoms with Crippen LogP contribution in [0.4, 0.5) is 0 Å². The third-order valence-corrected chi connectivity index (χ3v) is 3.58. The number of amidine groups is 1. The quantitative estimate of drug-likeness (QED) is 0.0573. The van der Waals surface area contributed by atoms with Crippen molar-refractivity contribution < 1.29 is 9.84 Å². The van der Waals surface area contributed by atoms with Crippen molar-refractivity contribution in [2.75, 3.05) is 20.4 Å². The van der Waals surface area contributed by atoms with E-state index in [-0.39, 0.29) is 10.8 Å². The Balaban J connectivity index is -0.000000142. The molecule has 0 bridgehead atoms. The maximum absolute atomic E-state index is 9.43. The first-order chi connectivity index (χ1) is 18.7. The van der Waals surface area contributed by atoms with Crippen molar-refractivity contribution in [2.45, 2.75) is 48.0 Å². The maximum atomic E-state index is 9.43. The summed E-state index contributed by atoms with van der Waals surface area (Å²) in [5.74, 6) is 5.96. The number of halogens is 1. The number of methoxy groups -OCH3 is 1. The Bertz CT molecular complexity index is 921. The van der Waals surface area contributed by atoms with Gasteiger partial charge in [-0.15, -0.1) is 13.2 Å². The van der Waals surface area contributed by atoms with E-state index in [1.165, 1.54) is 25.0 Å². The van der Waals surface area contributed by atoms with Crippen LogP contribution in [0.2, 0.25) is 5.02 Å². The van der Waals surface area contributed by atoms with E-state index >= 15 is 0 Å². The molecular weight excluding hydrogens is 534 g/mol. The number of aryl methyl sites for hydroxylation is 1. The van der Waals surface area contributed by atoms with Crippen molar-refractivity contribution in [3.8, 4) is 11.5 Å². The predicted molar refractivity (Wildman–Crippen MR) is 178 cm³/mol. The summed E-state index contributed by atoms with van der Waals surface area (Å²) < 4.78 is 4.98. The third-order valence-electron chi connectivity index (χ3n) is 3.26. The van der Waals surface area contributed by atoms with E-state index in [0.29, 0.717) is 17.0 Å². The summed E-state index contributed by atoms with van der Waals surface area (Å²) >= 11 is 9.21. The van der Waals surface area contributed by atoms with Gasteiger partial charge in [-0.05, 0) is 49.4 Å². The number of hydrogen-bond acceptors (Lipinski definition) is 8. The number of aromatic hydroxyl groups is 1. The second-order valence-electron chi connectivity index (χ2n) is 6.27. The summed E-state index contributed by atoms with van der Waals surface area (Å²) in [6.45, 7) is 17.9. The van der Waals surface area contributed by atoms with E-state index in [1.54, 1.807) is 51.9 Å². The average molecular weight is 584 g/mol. The fourth-order valence-electron chi connectivity index (χ4n) is 1.80. The number of allylic oxidation sites excluding steroid dienone is 1. The van der Waals surface area contributed by atoms with Gasteiger partial charge in [0.15, 0.2) is 0 Å². The second kappa shape index (κ2) is 36.8. The fourth-order valence-corrected chi connectivity index (χ4v) is 1.91. The zero-order valence-corrected chi connectivity index (χ0v) is 26.6. The zero-order chi connectivity index (χ0) is 31.6. The number of phenolic OH excluding ortho intramolecular Hbond substituents is 1. The van der Waals surface area contributed by atoms with Gasteiger partial charge in [-0.2, -0.15) is 12.6 Å². The number of hydrazine groups is 1. The summed E-state index contributed by atoms with van der Waals surface area (Å²) in [5.41, 5.74) is 9.92. The minimum Gasteiger partial charge on any atom is -0.506 e. The van der Waals surface area contributed by atoms with Crippen LogP contribution in [0.3, 0.4) is 0 Å². The van der Waals surface area contributed by atoms with Gasteiger partial charge in [-0.25, -0.2) is 10.8 Å². The molecule has 222 valence electrons. The molecule has 0 radical (unpaired) electrons. The molecule has 0 unspecified atom stereocenters. The van der Waals surface area contributed by atoms with E-state index in [4.69, 9.17) is 33.3 Å². The second-order valence-corrected chi connectivity index (χ2v) is 6.68. The van der Waals surface area contributed by atoms with Crippen molar-refractivity contribution in [2.24, 2.45) is 21.6 Å². The van der Waals surface area contributed by atoms with Crippen LogP contribution in [0.1, 0.15) is 52.2 Å². The lowest BCUT2D eigenvalue weighted by Gasteiger charge is -2.02. The Kier molecular flexibility index (Phi) is 43.0. The van der Waals surface area contributed by atoms with E-state index in [2.05, 4.69) is 60.0 Å². The van der Waals surface area contributed by atoms with Crippen LogP contribution in [-0.4, -0.2) is 48.9 Å². The normalized spacial score (nSPS) is 9.33. The van der Waals surface area contributed by atoms with Crippen LogP contribution in [0.25, 0.3) is 5.57 Å². The Labute approximate surface area is 247 Å². The predicted octanol–water partition coefficient (Wildman–Crippen LogP) is 6.71. The number of ether oxygens (including phenoxy) is 1. The number of hydrogen-bond donors (Lipinski definition) is 6. The molecule has 0 amide bonds. The van der Waals surface area contributed by atoms with Gasteiger partial charge >= 0.3 is 0 Å². The van der Waals surface area contributed by atoms with Gasteiger partial charge in [-0.1, -0.05) is 51.8 Å². The zero-order valence-electron chi connectivity index (χ0n) is 25.0. The molecule has 0 aliphatic rings. The topological polar surface area (TPSA) is 155 Å². The van der Waals surface area contributed by atoms with Crippen LogP contribution in [-0.2, 0) is 0 Å². The molecule has 2 aromatic rings. The maximum Gasteiger partial charge on any atom is 0.140 e. The Morgan fingerprint density at radius 3 is 2.10 bits per heavy atom. The highest BCUT2D eigenvalue weighted by Crippen LogP contribution is 2.26. The third kappa shape index (κ3) is 29.1. The highest BCUT2D eigenvalue weighted by atomic mass is 35.5. The minimum atomic E-state index is -0.0274. The highest BCUT2D eigenvalue weighted by molar-refractivity contribution is 7.79. The molecule has 0 aliphatic heterocycles. The van der Waals surface area contributed by atoms with Crippen LogP contribution >= 0.6 is 24.2 Å². The van der Waals surface area contributed by atoms with Gasteiger partial charge in [0.2, 0.25) is 0 Å². The Morgan fingerprint density at radius 2 is 1.79 bits per heavy atom. The number of aromatic nitrogens is 1. The lowest BCUT2D eigenvalue weighted by molar-refractivity contribution is 0.410. The average Bonchev–Trinajstić information content (AvgIpc) is 2.96. The van der Waals surface area contributed by atoms with Gasteiger partial charge in [-0.3, -0.25) is 9.98 Å². The largest absolute Gasteiger partial charge is 0.506 e. The van der Waals surface area contributed by atoms with E-state index in [1.807, 2.05) is 26.8 Å². The van der Waals surface area contributed by atoms with Crippen molar-refractivity contribution in [3.63, 3.8) is 0 Å². The number of nitrogens with two attached hydrogens (primary N) is 2. The first-order valence-electron chi connectivity index (χ1n) is 12.0. The summed E-state index contributed by atoms with van der Waals surface area (Å²) in [4.78, 5) is 11.3. The molecule has 0 saturated carbocycles. The molecule has 0 spiro atoms. The number of aliphatic imine (C=N–C) groups is 2. The van der Waals surface area contributed by atoms with Crippen molar-refractivity contribution >= 4 is 48.2 Å². The molecule has 0 fully saturated rings. The molecule has 7 N–H and O–H groups in total. The Hall–Kier alpha value is -3.34. The SMILES string of the molecule is C=C.CC.CC(N)=N/C=C(\C=N)c1ccc(Cl)c(O)c1.CCC.CN=CNN.COc1cnccc1C.CS. The molecular formula is C28H50ClN7O2S. The first-order valence-corrected chi connectivity index (χ1v) is 13.2. The summed E-state index contributed by atoms with van der Waals surface area (Å²) in [6, 6.07) is 6.64. The first kappa shape index (κ1) is 45.6. The van der Waals surface area contributed by atoms with Crippen molar-refractivity contribution in [1.82, 2.24) is 10.4 Å². The highest BCUT2D eigenvalue weighted by Gasteiger charge is 2.03. The molecule has 1 aromatic carbocycles. The molecule has 0 saturated heterocycles. The number of phenols is 1.